The van der Waals surface area contributed by atoms with E-state index in [4.69, 9.17) is 10.5 Å². The fourth-order valence-corrected chi connectivity index (χ4v) is 2.20. The van der Waals surface area contributed by atoms with E-state index in [9.17, 15) is 4.79 Å². The van der Waals surface area contributed by atoms with Gasteiger partial charge in [0.15, 0.2) is 0 Å². The molecular weight excluding hydrogens is 168 g/mol. The number of rotatable bonds is 1. The summed E-state index contributed by atoms with van der Waals surface area (Å²) in [6.07, 6.45) is 3.26. The molecule has 74 valence electrons. The van der Waals surface area contributed by atoms with E-state index in [1.807, 2.05) is 0 Å². The zero-order valence-electron chi connectivity index (χ0n) is 7.74. The maximum Gasteiger partial charge on any atom is 0.320 e. The number of hydrogen-bond acceptors (Lipinski definition) is 4. The molecule has 0 bridgehead atoms. The topological polar surface area (TPSA) is 55.6 Å². The van der Waals surface area contributed by atoms with Crippen LogP contribution in [0.15, 0.2) is 0 Å². The number of carbonyl (C=O) groups is 1. The Kier molecular flexibility index (Phi) is 2.51. The standard InChI is InChI=1S/C9H16N2O2/c10-7-1-2-8(5-7)11-3-4-13-9(12)6-11/h7-8H,1-6,10H2. The van der Waals surface area contributed by atoms with E-state index in [-0.39, 0.29) is 5.97 Å². The monoisotopic (exact) mass is 184 g/mol. The zero-order valence-corrected chi connectivity index (χ0v) is 7.74. The predicted octanol–water partition coefficient (Wildman–Crippen LogP) is -0.275. The van der Waals surface area contributed by atoms with E-state index in [1.54, 1.807) is 0 Å². The molecule has 2 unspecified atom stereocenters. The van der Waals surface area contributed by atoms with E-state index in [1.165, 1.54) is 0 Å². The van der Waals surface area contributed by atoms with E-state index in [0.717, 1.165) is 25.8 Å². The minimum absolute atomic E-state index is 0.0910. The summed E-state index contributed by atoms with van der Waals surface area (Å²) in [6, 6.07) is 0.853. The second-order valence-corrected chi connectivity index (χ2v) is 3.92. The van der Waals surface area contributed by atoms with Gasteiger partial charge in [-0.2, -0.15) is 0 Å². The lowest BCUT2D eigenvalue weighted by Crippen LogP contribution is -2.45. The highest BCUT2D eigenvalue weighted by atomic mass is 16.5. The van der Waals surface area contributed by atoms with Crippen molar-refractivity contribution in [3.05, 3.63) is 0 Å². The molecule has 2 N–H and O–H groups in total. The number of nitrogens with zero attached hydrogens (tertiary/aromatic N) is 1. The molecule has 2 rings (SSSR count). The maximum absolute atomic E-state index is 11.0. The number of cyclic esters (lactones) is 1. The Morgan fingerprint density at radius 2 is 2.31 bits per heavy atom. The van der Waals surface area contributed by atoms with Crippen molar-refractivity contribution in [3.63, 3.8) is 0 Å². The molecule has 0 aromatic rings. The summed E-state index contributed by atoms with van der Waals surface area (Å²) >= 11 is 0. The second-order valence-electron chi connectivity index (χ2n) is 3.92. The summed E-state index contributed by atoms with van der Waals surface area (Å²) in [6.45, 7) is 1.88. The number of esters is 1. The Bertz CT molecular complexity index is 208. The molecule has 1 saturated carbocycles. The van der Waals surface area contributed by atoms with Crippen molar-refractivity contribution in [2.45, 2.75) is 31.3 Å². The van der Waals surface area contributed by atoms with Gasteiger partial charge in [0.1, 0.15) is 6.61 Å². The molecule has 4 heteroatoms. The lowest BCUT2D eigenvalue weighted by molar-refractivity contribution is -0.151. The van der Waals surface area contributed by atoms with Crippen molar-refractivity contribution in [2.75, 3.05) is 19.7 Å². The van der Waals surface area contributed by atoms with Crippen LogP contribution in [0.3, 0.4) is 0 Å². The van der Waals surface area contributed by atoms with Crippen molar-refractivity contribution < 1.29 is 9.53 Å². The highest BCUT2D eigenvalue weighted by molar-refractivity contribution is 5.72. The molecule has 0 aromatic heterocycles. The lowest BCUT2D eigenvalue weighted by Gasteiger charge is -2.31. The minimum atomic E-state index is -0.0910. The first kappa shape index (κ1) is 8.97. The van der Waals surface area contributed by atoms with Crippen LogP contribution in [0.1, 0.15) is 19.3 Å². The second kappa shape index (κ2) is 3.64. The van der Waals surface area contributed by atoms with Crippen molar-refractivity contribution in [1.29, 1.82) is 0 Å². The molecule has 4 nitrogen and oxygen atoms in total. The van der Waals surface area contributed by atoms with Gasteiger partial charge < -0.3 is 10.5 Å². The maximum atomic E-state index is 11.0. The number of hydrogen-bond donors (Lipinski definition) is 1. The van der Waals surface area contributed by atoms with Crippen LogP contribution >= 0.6 is 0 Å². The fraction of sp³-hybridized carbons (Fsp3) is 0.889. The summed E-state index contributed by atoms with van der Waals surface area (Å²) in [5, 5.41) is 0. The molecule has 13 heavy (non-hydrogen) atoms. The zero-order chi connectivity index (χ0) is 9.26. The minimum Gasteiger partial charge on any atom is -0.463 e. The normalized spacial score (nSPS) is 36.2. The molecule has 2 atom stereocenters. The first-order valence-corrected chi connectivity index (χ1v) is 4.91. The quantitative estimate of drug-likeness (QED) is 0.570. The van der Waals surface area contributed by atoms with Gasteiger partial charge >= 0.3 is 5.97 Å². The number of ether oxygens (including phenoxy) is 1. The molecule has 2 aliphatic rings. The molecule has 1 aliphatic carbocycles. The summed E-state index contributed by atoms with van der Waals surface area (Å²) in [5.41, 5.74) is 5.82. The van der Waals surface area contributed by atoms with Gasteiger partial charge in [-0.25, -0.2) is 0 Å². The van der Waals surface area contributed by atoms with Gasteiger partial charge in [-0.15, -0.1) is 0 Å². The smallest absolute Gasteiger partial charge is 0.320 e. The van der Waals surface area contributed by atoms with Crippen molar-refractivity contribution in [2.24, 2.45) is 5.73 Å². The highest BCUT2D eigenvalue weighted by Gasteiger charge is 2.30. The fourth-order valence-electron chi connectivity index (χ4n) is 2.20. The number of morpholine rings is 1. The predicted molar refractivity (Wildman–Crippen MR) is 48.1 cm³/mol. The Balaban J connectivity index is 1.89. The van der Waals surface area contributed by atoms with Crippen LogP contribution in [0.2, 0.25) is 0 Å². The number of carbonyl (C=O) groups excluding carboxylic acids is 1. The molecule has 0 radical (unpaired) electrons. The Labute approximate surface area is 78.0 Å². The molecule has 2 fully saturated rings. The average Bonchev–Trinajstić information content (AvgIpc) is 2.52. The summed E-state index contributed by atoms with van der Waals surface area (Å²) in [7, 11) is 0. The third-order valence-electron chi connectivity index (χ3n) is 2.94. The van der Waals surface area contributed by atoms with E-state index in [2.05, 4.69) is 4.90 Å². The molecular formula is C9H16N2O2. The van der Waals surface area contributed by atoms with Crippen LogP contribution in [0, 0.1) is 0 Å². The molecule has 1 saturated heterocycles. The van der Waals surface area contributed by atoms with Crippen molar-refractivity contribution in [1.82, 2.24) is 4.90 Å². The van der Waals surface area contributed by atoms with Crippen LogP contribution < -0.4 is 5.73 Å². The van der Waals surface area contributed by atoms with E-state index in [0.29, 0.717) is 25.2 Å². The SMILES string of the molecule is NC1CCC(N2CCOC(=O)C2)C1. The van der Waals surface area contributed by atoms with Crippen LogP contribution in [0.5, 0.6) is 0 Å². The van der Waals surface area contributed by atoms with E-state index >= 15 is 0 Å². The first-order valence-electron chi connectivity index (χ1n) is 4.91. The van der Waals surface area contributed by atoms with Crippen molar-refractivity contribution >= 4 is 5.97 Å². The van der Waals surface area contributed by atoms with Crippen LogP contribution in [0.25, 0.3) is 0 Å². The lowest BCUT2D eigenvalue weighted by atomic mass is 10.2. The number of nitrogens with two attached hydrogens (primary N) is 1. The van der Waals surface area contributed by atoms with Gasteiger partial charge in [-0.3, -0.25) is 9.69 Å². The van der Waals surface area contributed by atoms with E-state index < -0.39 is 0 Å². The average molecular weight is 184 g/mol. The van der Waals surface area contributed by atoms with Crippen molar-refractivity contribution in [3.8, 4) is 0 Å². The van der Waals surface area contributed by atoms with Gasteiger partial charge in [-0.05, 0) is 19.3 Å². The molecule has 1 heterocycles. The molecule has 0 amide bonds. The largest absolute Gasteiger partial charge is 0.463 e. The van der Waals surface area contributed by atoms with Gasteiger partial charge in [0, 0.05) is 18.6 Å². The van der Waals surface area contributed by atoms with Crippen LogP contribution in [-0.4, -0.2) is 42.6 Å². The summed E-state index contributed by atoms with van der Waals surface area (Å²) < 4.78 is 4.88. The molecule has 0 spiro atoms. The summed E-state index contributed by atoms with van der Waals surface area (Å²) in [5.74, 6) is -0.0910. The Morgan fingerprint density at radius 3 is 2.92 bits per heavy atom. The van der Waals surface area contributed by atoms with Gasteiger partial charge in [0.2, 0.25) is 0 Å². The molecule has 1 aliphatic heterocycles. The first-order chi connectivity index (χ1) is 6.25. The van der Waals surface area contributed by atoms with Gasteiger partial charge in [-0.1, -0.05) is 0 Å². The third kappa shape index (κ3) is 2.00. The van der Waals surface area contributed by atoms with Gasteiger partial charge in [0.05, 0.1) is 6.54 Å². The Hall–Kier alpha value is -0.610. The van der Waals surface area contributed by atoms with Crippen LogP contribution in [0.4, 0.5) is 0 Å². The highest BCUT2D eigenvalue weighted by Crippen LogP contribution is 2.23. The van der Waals surface area contributed by atoms with Crippen LogP contribution in [-0.2, 0) is 9.53 Å². The Morgan fingerprint density at radius 1 is 1.46 bits per heavy atom. The summed E-state index contributed by atoms with van der Waals surface area (Å²) in [4.78, 5) is 13.2. The molecule has 0 aromatic carbocycles. The third-order valence-corrected chi connectivity index (χ3v) is 2.94. The van der Waals surface area contributed by atoms with Gasteiger partial charge in [0.25, 0.3) is 0 Å².